The van der Waals surface area contributed by atoms with E-state index in [1.165, 1.54) is 0 Å². The van der Waals surface area contributed by atoms with Crippen molar-refractivity contribution in [1.82, 2.24) is 5.32 Å². The summed E-state index contributed by atoms with van der Waals surface area (Å²) in [4.78, 5) is 0. The number of alkyl halides is 2. The molecule has 0 heterocycles. The summed E-state index contributed by atoms with van der Waals surface area (Å²) in [5.74, 6) is 0. The predicted octanol–water partition coefficient (Wildman–Crippen LogP) is 1.41. The SMILES string of the molecule is CCOC1CC(NCC(F)F)C1. The van der Waals surface area contributed by atoms with E-state index in [0.29, 0.717) is 12.7 Å². The molecule has 0 atom stereocenters. The van der Waals surface area contributed by atoms with E-state index in [0.717, 1.165) is 12.8 Å². The predicted molar refractivity (Wildman–Crippen MR) is 42.4 cm³/mol. The van der Waals surface area contributed by atoms with E-state index in [2.05, 4.69) is 5.32 Å². The minimum atomic E-state index is -2.24. The lowest BCUT2D eigenvalue weighted by Gasteiger charge is -2.35. The van der Waals surface area contributed by atoms with Gasteiger partial charge in [0.05, 0.1) is 12.6 Å². The molecule has 0 bridgehead atoms. The number of nitrogens with one attached hydrogen (secondary N) is 1. The van der Waals surface area contributed by atoms with Gasteiger partial charge < -0.3 is 10.1 Å². The molecule has 4 heteroatoms. The Labute approximate surface area is 71.3 Å². The fraction of sp³-hybridized carbons (Fsp3) is 1.00. The molecule has 2 nitrogen and oxygen atoms in total. The van der Waals surface area contributed by atoms with E-state index in [9.17, 15) is 8.78 Å². The van der Waals surface area contributed by atoms with Gasteiger partial charge in [-0.15, -0.1) is 0 Å². The minimum absolute atomic E-state index is 0.191. The van der Waals surface area contributed by atoms with Gasteiger partial charge in [-0.3, -0.25) is 0 Å². The quantitative estimate of drug-likeness (QED) is 0.689. The van der Waals surface area contributed by atoms with Gasteiger partial charge in [0.25, 0.3) is 6.43 Å². The summed E-state index contributed by atoms with van der Waals surface area (Å²) in [6, 6.07) is 0.246. The van der Waals surface area contributed by atoms with Crippen LogP contribution < -0.4 is 5.32 Å². The lowest BCUT2D eigenvalue weighted by Crippen LogP contribution is -2.46. The largest absolute Gasteiger partial charge is 0.378 e. The summed E-state index contributed by atoms with van der Waals surface area (Å²) >= 11 is 0. The molecule has 0 aromatic rings. The van der Waals surface area contributed by atoms with Crippen molar-refractivity contribution in [3.05, 3.63) is 0 Å². The molecular weight excluding hydrogens is 164 g/mol. The Balaban J connectivity index is 1.95. The lowest BCUT2D eigenvalue weighted by molar-refractivity contribution is -0.0133. The van der Waals surface area contributed by atoms with Crippen LogP contribution in [0.2, 0.25) is 0 Å². The second kappa shape index (κ2) is 4.72. The highest BCUT2D eigenvalue weighted by molar-refractivity contribution is 4.85. The Bertz CT molecular complexity index is 126. The van der Waals surface area contributed by atoms with E-state index in [-0.39, 0.29) is 12.6 Å². The van der Waals surface area contributed by atoms with E-state index in [4.69, 9.17) is 4.74 Å². The highest BCUT2D eigenvalue weighted by Crippen LogP contribution is 2.23. The molecule has 1 aliphatic rings. The van der Waals surface area contributed by atoms with Crippen LogP contribution in [0.4, 0.5) is 8.78 Å². The molecule has 0 aromatic carbocycles. The van der Waals surface area contributed by atoms with Crippen molar-refractivity contribution in [2.75, 3.05) is 13.2 Å². The molecule has 0 saturated heterocycles. The van der Waals surface area contributed by atoms with Gasteiger partial charge in [-0.05, 0) is 19.8 Å². The van der Waals surface area contributed by atoms with Crippen molar-refractivity contribution in [3.63, 3.8) is 0 Å². The van der Waals surface area contributed by atoms with Crippen molar-refractivity contribution in [2.45, 2.75) is 38.3 Å². The molecule has 1 rings (SSSR count). The first kappa shape index (κ1) is 9.86. The second-order valence-electron chi connectivity index (χ2n) is 3.05. The van der Waals surface area contributed by atoms with E-state index < -0.39 is 6.43 Å². The maximum absolute atomic E-state index is 11.7. The third-order valence-electron chi connectivity index (χ3n) is 2.06. The number of rotatable bonds is 5. The van der Waals surface area contributed by atoms with Crippen LogP contribution in [-0.4, -0.2) is 31.7 Å². The second-order valence-corrected chi connectivity index (χ2v) is 3.05. The molecular formula is C8H15F2NO. The van der Waals surface area contributed by atoms with Gasteiger partial charge in [0.2, 0.25) is 0 Å². The summed E-state index contributed by atoms with van der Waals surface area (Å²) in [6.45, 7) is 2.47. The van der Waals surface area contributed by atoms with E-state index >= 15 is 0 Å². The number of ether oxygens (including phenoxy) is 1. The highest BCUT2D eigenvalue weighted by Gasteiger charge is 2.29. The molecule has 0 radical (unpaired) electrons. The van der Waals surface area contributed by atoms with E-state index in [1.54, 1.807) is 0 Å². The Morgan fingerprint density at radius 3 is 2.67 bits per heavy atom. The molecule has 1 aliphatic carbocycles. The summed E-state index contributed by atoms with van der Waals surface area (Å²) in [5.41, 5.74) is 0. The van der Waals surface area contributed by atoms with Crippen molar-refractivity contribution in [1.29, 1.82) is 0 Å². The van der Waals surface area contributed by atoms with Crippen LogP contribution in [0.3, 0.4) is 0 Å². The third kappa shape index (κ3) is 3.03. The molecule has 0 amide bonds. The monoisotopic (exact) mass is 179 g/mol. The van der Waals surface area contributed by atoms with Crippen LogP contribution in [-0.2, 0) is 4.74 Å². The van der Waals surface area contributed by atoms with Crippen molar-refractivity contribution < 1.29 is 13.5 Å². The normalized spacial score (nSPS) is 29.0. The molecule has 0 aliphatic heterocycles. The molecule has 1 N–H and O–H groups in total. The zero-order chi connectivity index (χ0) is 8.97. The van der Waals surface area contributed by atoms with Crippen LogP contribution in [0.5, 0.6) is 0 Å². The molecule has 72 valence electrons. The Hall–Kier alpha value is -0.220. The summed E-state index contributed by atoms with van der Waals surface area (Å²) in [6.07, 6.45) is -0.192. The minimum Gasteiger partial charge on any atom is -0.378 e. The Morgan fingerprint density at radius 1 is 1.50 bits per heavy atom. The first-order chi connectivity index (χ1) is 5.72. The van der Waals surface area contributed by atoms with E-state index in [1.807, 2.05) is 6.92 Å². The maximum atomic E-state index is 11.7. The fourth-order valence-electron chi connectivity index (χ4n) is 1.36. The first-order valence-electron chi connectivity index (χ1n) is 4.35. The van der Waals surface area contributed by atoms with Crippen LogP contribution in [0, 0.1) is 0 Å². The summed E-state index contributed by atoms with van der Waals surface area (Å²) < 4.78 is 28.7. The number of halogens is 2. The van der Waals surface area contributed by atoms with Crippen LogP contribution in [0.15, 0.2) is 0 Å². The van der Waals surface area contributed by atoms with Gasteiger partial charge in [-0.1, -0.05) is 0 Å². The van der Waals surface area contributed by atoms with Gasteiger partial charge in [-0.25, -0.2) is 8.78 Å². The smallest absolute Gasteiger partial charge is 0.250 e. The van der Waals surface area contributed by atoms with Crippen LogP contribution >= 0.6 is 0 Å². The lowest BCUT2D eigenvalue weighted by atomic mass is 9.89. The van der Waals surface area contributed by atoms with Gasteiger partial charge in [-0.2, -0.15) is 0 Å². The number of hydrogen-bond donors (Lipinski definition) is 1. The van der Waals surface area contributed by atoms with Gasteiger partial charge >= 0.3 is 0 Å². The van der Waals surface area contributed by atoms with Gasteiger partial charge in [0, 0.05) is 12.6 Å². The average Bonchev–Trinajstić information content (AvgIpc) is 1.93. The molecule has 0 unspecified atom stereocenters. The highest BCUT2D eigenvalue weighted by atomic mass is 19.3. The molecule has 0 spiro atoms. The summed E-state index contributed by atoms with van der Waals surface area (Å²) in [5, 5.41) is 2.78. The van der Waals surface area contributed by atoms with Crippen molar-refractivity contribution in [3.8, 4) is 0 Å². The topological polar surface area (TPSA) is 21.3 Å². The van der Waals surface area contributed by atoms with Crippen LogP contribution in [0.1, 0.15) is 19.8 Å². The number of hydrogen-bond acceptors (Lipinski definition) is 2. The zero-order valence-electron chi connectivity index (χ0n) is 7.22. The van der Waals surface area contributed by atoms with Crippen molar-refractivity contribution >= 4 is 0 Å². The molecule has 0 aromatic heterocycles. The molecule has 12 heavy (non-hydrogen) atoms. The molecule has 1 fully saturated rings. The Kier molecular flexibility index (Phi) is 3.88. The van der Waals surface area contributed by atoms with Crippen molar-refractivity contribution in [2.24, 2.45) is 0 Å². The maximum Gasteiger partial charge on any atom is 0.250 e. The standard InChI is InChI=1S/C8H15F2NO/c1-2-12-7-3-6(4-7)11-5-8(9)10/h6-8,11H,2-5H2,1H3. The molecule has 1 saturated carbocycles. The first-order valence-corrected chi connectivity index (χ1v) is 4.35. The van der Waals surface area contributed by atoms with Crippen LogP contribution in [0.25, 0.3) is 0 Å². The Morgan fingerprint density at radius 2 is 2.17 bits per heavy atom. The third-order valence-corrected chi connectivity index (χ3v) is 2.06. The zero-order valence-corrected chi connectivity index (χ0v) is 7.22. The summed E-state index contributed by atoms with van der Waals surface area (Å²) in [7, 11) is 0. The van der Waals surface area contributed by atoms with Gasteiger partial charge in [0.15, 0.2) is 0 Å². The fourth-order valence-corrected chi connectivity index (χ4v) is 1.36. The average molecular weight is 179 g/mol. The van der Waals surface area contributed by atoms with Gasteiger partial charge in [0.1, 0.15) is 0 Å².